The van der Waals surface area contributed by atoms with Gasteiger partial charge in [-0.25, -0.2) is 0 Å². The van der Waals surface area contributed by atoms with Gasteiger partial charge < -0.3 is 19.0 Å². The van der Waals surface area contributed by atoms with Crippen LogP contribution in [-0.2, 0) is 24.8 Å². The molecule has 2 aliphatic heterocycles. The number of carbonyl (C=O) groups is 1. The molecule has 1 atom stereocenters. The topological polar surface area (TPSA) is 62.6 Å². The van der Waals surface area contributed by atoms with E-state index in [9.17, 15) is 13.6 Å². The fourth-order valence-corrected chi connectivity index (χ4v) is 8.44. The minimum atomic E-state index is -2.87. The van der Waals surface area contributed by atoms with Gasteiger partial charge in [0.1, 0.15) is 12.0 Å². The Morgan fingerprint density at radius 3 is 2.47 bits per heavy atom. The molecule has 0 amide bonds. The molecular formula is C26H36F2N2O4S2. The Labute approximate surface area is 220 Å². The number of carbonyl (C=O) groups excluding carboxylic acids is 1. The van der Waals surface area contributed by atoms with E-state index < -0.39 is 6.61 Å². The maximum absolute atomic E-state index is 12.8. The molecule has 1 unspecified atom stereocenters. The van der Waals surface area contributed by atoms with Crippen molar-refractivity contribution in [2.24, 2.45) is 5.92 Å². The number of rotatable bonds is 5. The molecule has 200 valence electrons. The molecule has 0 N–H and O–H groups in total. The highest BCUT2D eigenvalue weighted by Gasteiger charge is 2.48. The molecule has 0 radical (unpaired) electrons. The van der Waals surface area contributed by atoms with Crippen molar-refractivity contribution in [1.82, 2.24) is 9.78 Å². The van der Waals surface area contributed by atoms with Gasteiger partial charge in [-0.3, -0.25) is 4.68 Å². The lowest BCUT2D eigenvalue weighted by atomic mass is 9.85. The maximum atomic E-state index is 12.8. The summed E-state index contributed by atoms with van der Waals surface area (Å²) >= 11 is 3.77. The SMILES string of the molecule is CC.COC.O=CC1Cc2c(c(-c3cccc(OC(F)F)c3)nn2C2CCOCC2)C2(C1)SCCS2. The van der Waals surface area contributed by atoms with Crippen LogP contribution in [0.1, 0.15) is 50.4 Å². The van der Waals surface area contributed by atoms with Crippen molar-refractivity contribution in [3.05, 3.63) is 35.5 Å². The molecule has 1 aliphatic carbocycles. The number of ether oxygens (including phenoxy) is 3. The summed E-state index contributed by atoms with van der Waals surface area (Å²) in [7, 11) is 3.25. The van der Waals surface area contributed by atoms with Crippen molar-refractivity contribution < 1.29 is 27.8 Å². The number of halogens is 2. The van der Waals surface area contributed by atoms with E-state index in [1.807, 2.05) is 43.4 Å². The van der Waals surface area contributed by atoms with E-state index in [2.05, 4.69) is 14.2 Å². The van der Waals surface area contributed by atoms with Crippen LogP contribution in [0.5, 0.6) is 5.75 Å². The average Bonchev–Trinajstić information content (AvgIpc) is 3.52. The largest absolute Gasteiger partial charge is 0.435 e. The van der Waals surface area contributed by atoms with E-state index >= 15 is 0 Å². The molecule has 6 nitrogen and oxygen atoms in total. The summed E-state index contributed by atoms with van der Waals surface area (Å²) in [5.41, 5.74) is 3.89. The third-order valence-electron chi connectivity index (χ3n) is 6.19. The van der Waals surface area contributed by atoms with Gasteiger partial charge in [-0.1, -0.05) is 26.0 Å². The summed E-state index contributed by atoms with van der Waals surface area (Å²) in [6, 6.07) is 7.03. The number of aldehydes is 1. The lowest BCUT2D eigenvalue weighted by Gasteiger charge is -2.36. The molecule has 3 heterocycles. The number of fused-ring (bicyclic) bond motifs is 2. The summed E-state index contributed by atoms with van der Waals surface area (Å²) in [5, 5.41) is 5.07. The Hall–Kier alpha value is -1.62. The van der Waals surface area contributed by atoms with Gasteiger partial charge in [-0.15, -0.1) is 23.5 Å². The first-order chi connectivity index (χ1) is 17.5. The van der Waals surface area contributed by atoms with E-state index in [4.69, 9.17) is 9.84 Å². The second-order valence-electron chi connectivity index (χ2n) is 8.53. The van der Waals surface area contributed by atoms with Crippen LogP contribution >= 0.6 is 23.5 Å². The van der Waals surface area contributed by atoms with Gasteiger partial charge in [0.15, 0.2) is 0 Å². The molecule has 2 saturated heterocycles. The lowest BCUT2D eigenvalue weighted by Crippen LogP contribution is -2.31. The molecule has 10 heteroatoms. The van der Waals surface area contributed by atoms with Crippen LogP contribution in [0.4, 0.5) is 8.78 Å². The fourth-order valence-electron chi connectivity index (χ4n) is 4.90. The van der Waals surface area contributed by atoms with Crippen LogP contribution in [0.15, 0.2) is 24.3 Å². The number of alkyl halides is 2. The van der Waals surface area contributed by atoms with Crippen molar-refractivity contribution in [2.45, 2.75) is 56.3 Å². The Morgan fingerprint density at radius 2 is 1.86 bits per heavy atom. The van der Waals surface area contributed by atoms with Crippen LogP contribution in [0.3, 0.4) is 0 Å². The quantitative estimate of drug-likeness (QED) is 0.418. The first-order valence-corrected chi connectivity index (χ1v) is 14.4. The second kappa shape index (κ2) is 13.8. The van der Waals surface area contributed by atoms with Crippen molar-refractivity contribution in [2.75, 3.05) is 38.9 Å². The highest BCUT2D eigenvalue weighted by molar-refractivity contribution is 8.20. The zero-order chi connectivity index (χ0) is 26.1. The zero-order valence-corrected chi connectivity index (χ0v) is 23.0. The minimum Gasteiger partial charge on any atom is -0.435 e. The Morgan fingerprint density at radius 1 is 1.19 bits per heavy atom. The fraction of sp³-hybridized carbons (Fsp3) is 0.615. The Kier molecular flexibility index (Phi) is 11.1. The van der Waals surface area contributed by atoms with Gasteiger partial charge >= 0.3 is 6.61 Å². The molecule has 5 rings (SSSR count). The minimum absolute atomic E-state index is 0.0396. The molecule has 1 spiro atoms. The summed E-state index contributed by atoms with van der Waals surface area (Å²) in [6.45, 7) is 2.51. The third kappa shape index (κ3) is 6.44. The summed E-state index contributed by atoms with van der Waals surface area (Å²) in [6.07, 6.45) is 4.28. The van der Waals surface area contributed by atoms with Gasteiger partial charge in [-0.2, -0.15) is 13.9 Å². The number of hydrogen-bond donors (Lipinski definition) is 0. The normalized spacial score (nSPS) is 20.7. The number of benzene rings is 1. The van der Waals surface area contributed by atoms with Crippen molar-refractivity contribution in [3.8, 4) is 17.0 Å². The second-order valence-corrected chi connectivity index (χ2v) is 11.6. The van der Waals surface area contributed by atoms with Gasteiger partial charge in [-0.05, 0) is 37.8 Å². The van der Waals surface area contributed by atoms with Gasteiger partial charge in [0.05, 0.1) is 15.8 Å². The van der Waals surface area contributed by atoms with Crippen LogP contribution in [-0.4, -0.2) is 61.6 Å². The average molecular weight is 543 g/mol. The Balaban J connectivity index is 0.000000674. The van der Waals surface area contributed by atoms with E-state index in [-0.39, 0.29) is 21.8 Å². The van der Waals surface area contributed by atoms with Gasteiger partial charge in [0.25, 0.3) is 0 Å². The monoisotopic (exact) mass is 542 g/mol. The number of aromatic nitrogens is 2. The Bertz CT molecular complexity index is 977. The van der Waals surface area contributed by atoms with E-state index in [0.29, 0.717) is 19.6 Å². The molecule has 0 bridgehead atoms. The molecular weight excluding hydrogens is 506 g/mol. The van der Waals surface area contributed by atoms with E-state index in [1.54, 1.807) is 26.4 Å². The predicted octanol–water partition coefficient (Wildman–Crippen LogP) is 6.19. The molecule has 36 heavy (non-hydrogen) atoms. The molecule has 0 saturated carbocycles. The maximum Gasteiger partial charge on any atom is 0.387 e. The molecule has 1 aromatic carbocycles. The van der Waals surface area contributed by atoms with Crippen molar-refractivity contribution in [3.63, 3.8) is 0 Å². The van der Waals surface area contributed by atoms with Gasteiger partial charge in [0.2, 0.25) is 0 Å². The first-order valence-electron chi connectivity index (χ1n) is 12.4. The van der Waals surface area contributed by atoms with E-state index in [1.165, 1.54) is 11.6 Å². The summed E-state index contributed by atoms with van der Waals surface area (Å²) in [5.74, 6) is 2.13. The first kappa shape index (κ1) is 28.9. The highest BCUT2D eigenvalue weighted by Crippen LogP contribution is 2.61. The van der Waals surface area contributed by atoms with Crippen LogP contribution in [0.25, 0.3) is 11.3 Å². The summed E-state index contributed by atoms with van der Waals surface area (Å²) in [4.78, 5) is 11.9. The number of nitrogens with zero attached hydrogens (tertiary/aromatic N) is 2. The van der Waals surface area contributed by atoms with Crippen LogP contribution in [0.2, 0.25) is 0 Å². The summed E-state index contributed by atoms with van der Waals surface area (Å²) < 4.78 is 42.0. The molecule has 1 aromatic heterocycles. The third-order valence-corrected chi connectivity index (χ3v) is 9.65. The number of hydrogen-bond acceptors (Lipinski definition) is 7. The zero-order valence-electron chi connectivity index (χ0n) is 21.4. The van der Waals surface area contributed by atoms with Gasteiger partial charge in [0, 0.05) is 61.7 Å². The van der Waals surface area contributed by atoms with Crippen LogP contribution in [0, 0.1) is 5.92 Å². The van der Waals surface area contributed by atoms with Crippen LogP contribution < -0.4 is 4.74 Å². The molecule has 2 aromatic rings. The van der Waals surface area contributed by atoms with Crippen molar-refractivity contribution in [1.29, 1.82) is 0 Å². The standard InChI is InChI=1S/C22H24F2N2O3S2.C2H6O.C2H6/c23-21(24)29-17-3-1-2-15(11-17)20-19-18(26(25-20)16-4-6-28-7-5-16)10-14(13-27)12-22(19)30-8-9-31-22;1-3-2;1-2/h1-3,11,13-14,16,21H,4-10,12H2;1-2H3;1-2H3. The number of thioether (sulfide) groups is 2. The number of methoxy groups -OCH3 is 1. The van der Waals surface area contributed by atoms with Crippen molar-refractivity contribution >= 4 is 29.8 Å². The molecule has 2 fully saturated rings. The smallest absolute Gasteiger partial charge is 0.387 e. The highest BCUT2D eigenvalue weighted by atomic mass is 32.2. The predicted molar refractivity (Wildman–Crippen MR) is 142 cm³/mol. The molecule has 3 aliphatic rings. The van der Waals surface area contributed by atoms with E-state index in [0.717, 1.165) is 54.0 Å². The lowest BCUT2D eigenvalue weighted by molar-refractivity contribution is -0.111.